The molecule has 0 saturated carbocycles. The Kier molecular flexibility index (Phi) is 1.34. The zero-order valence-corrected chi connectivity index (χ0v) is 6.94. The van der Waals surface area contributed by atoms with E-state index >= 15 is 0 Å². The van der Waals surface area contributed by atoms with Gasteiger partial charge in [-0.25, -0.2) is 0 Å². The molecule has 0 aromatic heterocycles. The molecule has 2 heteroatoms. The summed E-state index contributed by atoms with van der Waals surface area (Å²) in [5.41, 5.74) is 1.18. The SMILES string of the molecule is CC1=NC=C[C]1=[W]. The average molecular weight is 263 g/mol. The monoisotopic (exact) mass is 263 g/mol. The van der Waals surface area contributed by atoms with E-state index < -0.39 is 0 Å². The molecule has 1 aliphatic rings. The summed E-state index contributed by atoms with van der Waals surface area (Å²) in [5.74, 6) is 0. The molecule has 0 aliphatic carbocycles. The Morgan fingerprint density at radius 1 is 1.71 bits per heavy atom. The van der Waals surface area contributed by atoms with Crippen LogP contribution in [0.2, 0.25) is 0 Å². The predicted molar refractivity (Wildman–Crippen MR) is 27.3 cm³/mol. The maximum absolute atomic E-state index is 4.04. The second-order valence-electron chi connectivity index (χ2n) is 1.39. The van der Waals surface area contributed by atoms with Crippen LogP contribution in [0.1, 0.15) is 6.92 Å². The Bertz CT molecular complexity index is 155. The molecule has 1 aliphatic heterocycles. The minimum absolute atomic E-state index is 1.18. The molecule has 0 atom stereocenters. The first-order valence-electron chi connectivity index (χ1n) is 2.06. The first-order chi connectivity index (χ1) is 3.30. The Balaban J connectivity index is 2.89. The number of hydrogen-bond donors (Lipinski definition) is 0. The third-order valence-electron chi connectivity index (χ3n) is 0.851. The van der Waals surface area contributed by atoms with Gasteiger partial charge >= 0.3 is 53.2 Å². The van der Waals surface area contributed by atoms with Gasteiger partial charge in [-0.15, -0.1) is 0 Å². The number of rotatable bonds is 0. The van der Waals surface area contributed by atoms with Crippen molar-refractivity contribution in [3.63, 3.8) is 0 Å². The Morgan fingerprint density at radius 2 is 2.43 bits per heavy atom. The molecular weight excluding hydrogens is 258 g/mol. The summed E-state index contributed by atoms with van der Waals surface area (Å²) in [7, 11) is 0. The second kappa shape index (κ2) is 1.83. The van der Waals surface area contributed by atoms with Crippen LogP contribution < -0.4 is 0 Å². The zero-order valence-electron chi connectivity index (χ0n) is 4.01. The van der Waals surface area contributed by atoms with Crippen LogP contribution in [0.4, 0.5) is 0 Å². The van der Waals surface area contributed by atoms with Crippen LogP contribution in [-0.2, 0) is 19.4 Å². The van der Waals surface area contributed by atoms with Gasteiger partial charge in [0.2, 0.25) is 0 Å². The average Bonchev–Trinajstić information content (AvgIpc) is 1.91. The standard InChI is InChI=1S/C5H5N.W/c1-5-3-2-4-6-5;/h2,4H,1H3;. The van der Waals surface area contributed by atoms with E-state index in [-0.39, 0.29) is 0 Å². The third kappa shape index (κ3) is 0.946. The molecule has 0 aromatic carbocycles. The van der Waals surface area contributed by atoms with Crippen molar-refractivity contribution in [2.45, 2.75) is 6.92 Å². The van der Waals surface area contributed by atoms with E-state index in [1.807, 2.05) is 19.2 Å². The van der Waals surface area contributed by atoms with Crippen molar-refractivity contribution in [2.24, 2.45) is 4.99 Å². The fraction of sp³-hybridized carbons (Fsp3) is 0.200. The van der Waals surface area contributed by atoms with E-state index in [0.717, 1.165) is 0 Å². The Hall–Kier alpha value is -0.0317. The van der Waals surface area contributed by atoms with Gasteiger partial charge in [-0.05, 0) is 0 Å². The number of aliphatic imine (C=N–C) groups is 1. The van der Waals surface area contributed by atoms with Crippen molar-refractivity contribution in [2.75, 3.05) is 0 Å². The van der Waals surface area contributed by atoms with Gasteiger partial charge in [0.05, 0.1) is 0 Å². The van der Waals surface area contributed by atoms with Crippen molar-refractivity contribution in [3.8, 4) is 0 Å². The van der Waals surface area contributed by atoms with E-state index in [1.54, 1.807) is 0 Å². The van der Waals surface area contributed by atoms with Gasteiger partial charge in [0.15, 0.2) is 0 Å². The molecule has 36 valence electrons. The molecule has 0 saturated heterocycles. The van der Waals surface area contributed by atoms with Gasteiger partial charge in [0, 0.05) is 0 Å². The molecule has 0 amide bonds. The summed E-state index contributed by atoms with van der Waals surface area (Å²) >= 11 is 1.50. The zero-order chi connectivity index (χ0) is 5.28. The van der Waals surface area contributed by atoms with Crippen LogP contribution >= 0.6 is 0 Å². The topological polar surface area (TPSA) is 12.4 Å². The van der Waals surface area contributed by atoms with Gasteiger partial charge < -0.3 is 0 Å². The third-order valence-corrected chi connectivity index (χ3v) is 2.40. The fourth-order valence-electron chi connectivity index (χ4n) is 0.401. The predicted octanol–water partition coefficient (Wildman–Crippen LogP) is 0.694. The van der Waals surface area contributed by atoms with E-state index in [4.69, 9.17) is 0 Å². The van der Waals surface area contributed by atoms with Crippen LogP contribution in [0.15, 0.2) is 17.3 Å². The second-order valence-corrected chi connectivity index (χ2v) is 2.97. The molecule has 1 heterocycles. The quantitative estimate of drug-likeness (QED) is 0.609. The summed E-state index contributed by atoms with van der Waals surface area (Å²) in [6.45, 7) is 2.03. The molecule has 0 spiro atoms. The maximum atomic E-state index is 4.04. The van der Waals surface area contributed by atoms with Crippen LogP contribution in [-0.4, -0.2) is 9.61 Å². The van der Waals surface area contributed by atoms with Crippen molar-refractivity contribution in [1.82, 2.24) is 0 Å². The van der Waals surface area contributed by atoms with E-state index in [1.165, 1.54) is 29.0 Å². The fourth-order valence-corrected chi connectivity index (χ4v) is 0.809. The summed E-state index contributed by atoms with van der Waals surface area (Å²) in [6, 6.07) is 0. The Morgan fingerprint density at radius 3 is 2.57 bits per heavy atom. The van der Waals surface area contributed by atoms with Crippen molar-refractivity contribution >= 4 is 9.61 Å². The van der Waals surface area contributed by atoms with Crippen LogP contribution in [0.25, 0.3) is 0 Å². The number of nitrogens with zero attached hydrogens (tertiary/aromatic N) is 1. The van der Waals surface area contributed by atoms with Gasteiger partial charge in [0.1, 0.15) is 0 Å². The summed E-state index contributed by atoms with van der Waals surface area (Å²) in [5, 5.41) is 0. The molecule has 1 nitrogen and oxygen atoms in total. The number of hydrogen-bond acceptors (Lipinski definition) is 1. The van der Waals surface area contributed by atoms with Crippen LogP contribution in [0.3, 0.4) is 0 Å². The molecule has 1 rings (SSSR count). The Labute approximate surface area is 53.6 Å². The minimum atomic E-state index is 1.18. The van der Waals surface area contributed by atoms with Gasteiger partial charge in [-0.3, -0.25) is 0 Å². The van der Waals surface area contributed by atoms with E-state index in [0.29, 0.717) is 0 Å². The summed E-state index contributed by atoms with van der Waals surface area (Å²) in [6.07, 6.45) is 3.89. The molecule has 0 unspecified atom stereocenters. The van der Waals surface area contributed by atoms with E-state index in [2.05, 4.69) is 4.99 Å². The van der Waals surface area contributed by atoms with Gasteiger partial charge in [-0.1, -0.05) is 0 Å². The molecule has 0 N–H and O–H groups in total. The first-order valence-corrected chi connectivity index (χ1v) is 3.52. The van der Waals surface area contributed by atoms with Crippen molar-refractivity contribution < 1.29 is 19.4 Å². The molecule has 7 heavy (non-hydrogen) atoms. The molecular formula is C5H5NW. The molecule has 0 radical (unpaired) electrons. The van der Waals surface area contributed by atoms with Crippen molar-refractivity contribution in [1.29, 1.82) is 0 Å². The van der Waals surface area contributed by atoms with Gasteiger partial charge in [0.25, 0.3) is 0 Å². The summed E-state index contributed by atoms with van der Waals surface area (Å²) < 4.78 is 1.36. The number of allylic oxidation sites excluding steroid dienone is 1. The van der Waals surface area contributed by atoms with E-state index in [9.17, 15) is 0 Å². The van der Waals surface area contributed by atoms with Crippen molar-refractivity contribution in [3.05, 3.63) is 12.3 Å². The normalized spacial score (nSPS) is 17.9. The molecule has 0 fully saturated rings. The van der Waals surface area contributed by atoms with Gasteiger partial charge in [-0.2, -0.15) is 0 Å². The first kappa shape index (κ1) is 5.11. The molecule has 0 aromatic rings. The van der Waals surface area contributed by atoms with Crippen LogP contribution in [0.5, 0.6) is 0 Å². The summed E-state index contributed by atoms with van der Waals surface area (Å²) in [4.78, 5) is 4.04. The van der Waals surface area contributed by atoms with Crippen LogP contribution in [0, 0.1) is 0 Å². The molecule has 0 bridgehead atoms.